The summed E-state index contributed by atoms with van der Waals surface area (Å²) in [5.41, 5.74) is 1.71. The smallest absolute Gasteiger partial charge is 0.347 e. The zero-order valence-corrected chi connectivity index (χ0v) is 23.0. The van der Waals surface area contributed by atoms with Crippen LogP contribution in [0.2, 0.25) is 0 Å². The van der Waals surface area contributed by atoms with Gasteiger partial charge in [-0.3, -0.25) is 4.90 Å². The molecule has 1 saturated heterocycles. The number of benzene rings is 2. The lowest BCUT2D eigenvalue weighted by Gasteiger charge is -2.42. The van der Waals surface area contributed by atoms with Crippen LogP contribution in [-0.4, -0.2) is 52.2 Å². The van der Waals surface area contributed by atoms with Crippen LogP contribution in [0.5, 0.6) is 5.75 Å². The molecule has 4 rings (SSSR count). The summed E-state index contributed by atoms with van der Waals surface area (Å²) in [4.78, 5) is 22.1. The first-order chi connectivity index (χ1) is 17.5. The summed E-state index contributed by atoms with van der Waals surface area (Å²) in [6, 6.07) is 12.9. The van der Waals surface area contributed by atoms with Crippen molar-refractivity contribution < 1.29 is 19.0 Å². The quantitative estimate of drug-likeness (QED) is 0.357. The largest absolute Gasteiger partial charge is 0.478 e. The first kappa shape index (κ1) is 27.1. The van der Waals surface area contributed by atoms with E-state index in [0.29, 0.717) is 17.7 Å². The van der Waals surface area contributed by atoms with Crippen LogP contribution in [0.3, 0.4) is 0 Å². The second-order valence-corrected chi connectivity index (χ2v) is 11.8. The van der Waals surface area contributed by atoms with Crippen LogP contribution in [-0.2, 0) is 11.3 Å². The number of halogens is 1. The number of carboxylic acid groups (broad SMARTS) is 1. The third kappa shape index (κ3) is 6.87. The molecule has 1 aromatic heterocycles. The Balaban J connectivity index is 1.49. The second kappa shape index (κ2) is 11.2. The molecule has 37 heavy (non-hydrogen) atoms. The van der Waals surface area contributed by atoms with E-state index < -0.39 is 11.6 Å². The third-order valence-electron chi connectivity index (χ3n) is 6.56. The Labute approximate surface area is 222 Å². The average molecular weight is 526 g/mol. The van der Waals surface area contributed by atoms with E-state index in [-0.39, 0.29) is 5.82 Å². The van der Waals surface area contributed by atoms with Crippen molar-refractivity contribution in [1.29, 1.82) is 0 Å². The van der Waals surface area contributed by atoms with Gasteiger partial charge in [-0.05, 0) is 74.1 Å². The number of anilines is 1. The standard InChI is InChI=1S/C29H36FN3O3S/c1-19(2)11-24-18-32(17-21-12-20(3)13-25(14-21)36-29(4,5)27(34)35)9-10-33(24)28-31-16-26(37-28)22-7-6-8-23(30)15-22/h6-8,12-16,19,24H,9-11,17-18H2,1-5H3,(H,34,35)/t24-/m1/s1. The molecular weight excluding hydrogens is 489 g/mol. The first-order valence-corrected chi connectivity index (χ1v) is 13.6. The van der Waals surface area contributed by atoms with Gasteiger partial charge in [0.05, 0.1) is 4.88 Å². The molecule has 198 valence electrons. The number of carbonyl (C=O) groups is 1. The lowest BCUT2D eigenvalue weighted by molar-refractivity contribution is -0.152. The van der Waals surface area contributed by atoms with E-state index in [4.69, 9.17) is 9.72 Å². The summed E-state index contributed by atoms with van der Waals surface area (Å²) in [6.07, 6.45) is 2.89. The number of carboxylic acids is 1. The van der Waals surface area contributed by atoms with Gasteiger partial charge in [0.1, 0.15) is 11.6 Å². The van der Waals surface area contributed by atoms with E-state index in [2.05, 4.69) is 29.7 Å². The van der Waals surface area contributed by atoms with Crippen LogP contribution in [0.25, 0.3) is 10.4 Å². The molecule has 0 unspecified atom stereocenters. The Morgan fingerprint density at radius 3 is 2.73 bits per heavy atom. The molecule has 2 aromatic carbocycles. The number of aromatic nitrogens is 1. The van der Waals surface area contributed by atoms with E-state index in [1.54, 1.807) is 37.3 Å². The predicted molar refractivity (Wildman–Crippen MR) is 147 cm³/mol. The van der Waals surface area contributed by atoms with E-state index >= 15 is 0 Å². The fourth-order valence-electron chi connectivity index (χ4n) is 4.81. The number of thiazole rings is 1. The van der Waals surface area contributed by atoms with E-state index in [1.807, 2.05) is 31.3 Å². The number of hydrogen-bond acceptors (Lipinski definition) is 6. The minimum atomic E-state index is -1.29. The monoisotopic (exact) mass is 525 g/mol. The highest BCUT2D eigenvalue weighted by Crippen LogP contribution is 2.34. The summed E-state index contributed by atoms with van der Waals surface area (Å²) in [5.74, 6) is -0.124. The van der Waals surface area contributed by atoms with Crippen LogP contribution in [0.15, 0.2) is 48.7 Å². The molecule has 1 atom stereocenters. The zero-order valence-electron chi connectivity index (χ0n) is 22.2. The molecule has 1 fully saturated rings. The van der Waals surface area contributed by atoms with Crippen molar-refractivity contribution in [3.8, 4) is 16.2 Å². The highest BCUT2D eigenvalue weighted by molar-refractivity contribution is 7.18. The van der Waals surface area contributed by atoms with Crippen LogP contribution in [0, 0.1) is 18.7 Å². The molecule has 0 bridgehead atoms. The molecule has 1 aliphatic heterocycles. The molecule has 0 spiro atoms. The van der Waals surface area contributed by atoms with Crippen LogP contribution >= 0.6 is 11.3 Å². The fourth-order valence-corrected chi connectivity index (χ4v) is 5.82. The van der Waals surface area contributed by atoms with Crippen molar-refractivity contribution in [1.82, 2.24) is 9.88 Å². The molecule has 0 radical (unpaired) electrons. The van der Waals surface area contributed by atoms with Gasteiger partial charge in [-0.15, -0.1) is 0 Å². The van der Waals surface area contributed by atoms with E-state index in [9.17, 15) is 14.3 Å². The van der Waals surface area contributed by atoms with Gasteiger partial charge >= 0.3 is 5.97 Å². The van der Waals surface area contributed by atoms with Gasteiger partial charge in [0, 0.05) is 38.4 Å². The topological polar surface area (TPSA) is 65.9 Å². The van der Waals surface area contributed by atoms with Crippen LogP contribution < -0.4 is 9.64 Å². The Kier molecular flexibility index (Phi) is 8.19. The summed E-state index contributed by atoms with van der Waals surface area (Å²) in [5, 5.41) is 10.4. The number of rotatable bonds is 9. The molecule has 2 heterocycles. The highest BCUT2D eigenvalue weighted by atomic mass is 32.1. The summed E-state index contributed by atoms with van der Waals surface area (Å²) in [7, 11) is 0. The fraction of sp³-hybridized carbons (Fsp3) is 0.448. The van der Waals surface area contributed by atoms with Crippen molar-refractivity contribution in [2.24, 2.45) is 5.92 Å². The second-order valence-electron chi connectivity index (χ2n) is 10.8. The minimum Gasteiger partial charge on any atom is -0.478 e. The van der Waals surface area contributed by atoms with Gasteiger partial charge in [0.15, 0.2) is 10.7 Å². The van der Waals surface area contributed by atoms with Gasteiger partial charge in [-0.2, -0.15) is 0 Å². The highest BCUT2D eigenvalue weighted by Gasteiger charge is 2.31. The maximum atomic E-state index is 13.7. The summed E-state index contributed by atoms with van der Waals surface area (Å²) in [6.45, 7) is 13.0. The van der Waals surface area contributed by atoms with Crippen LogP contribution in [0.1, 0.15) is 45.2 Å². The molecule has 6 nitrogen and oxygen atoms in total. The third-order valence-corrected chi connectivity index (χ3v) is 7.65. The van der Waals surface area contributed by atoms with Gasteiger partial charge in [0.25, 0.3) is 0 Å². The molecule has 1 N–H and O–H groups in total. The lowest BCUT2D eigenvalue weighted by atomic mass is 10.00. The molecule has 0 aliphatic carbocycles. The van der Waals surface area contributed by atoms with Crippen molar-refractivity contribution in [3.05, 3.63) is 65.6 Å². The minimum absolute atomic E-state index is 0.241. The molecule has 0 amide bonds. The Bertz CT molecular complexity index is 1240. The molecule has 3 aromatic rings. The normalized spacial score (nSPS) is 16.8. The SMILES string of the molecule is Cc1cc(CN2CCN(c3ncc(-c4cccc(F)c4)s3)[C@H](CC(C)C)C2)cc(OC(C)(C)C(=O)O)c1. The van der Waals surface area contributed by atoms with Crippen LogP contribution in [0.4, 0.5) is 9.52 Å². The number of hydrogen-bond donors (Lipinski definition) is 1. The first-order valence-electron chi connectivity index (χ1n) is 12.7. The van der Waals surface area contributed by atoms with Gasteiger partial charge in [0.2, 0.25) is 0 Å². The Morgan fingerprint density at radius 1 is 1.24 bits per heavy atom. The van der Waals surface area contributed by atoms with E-state index in [0.717, 1.165) is 59.3 Å². The van der Waals surface area contributed by atoms with Crippen molar-refractivity contribution in [2.75, 3.05) is 24.5 Å². The van der Waals surface area contributed by atoms with Gasteiger partial charge < -0.3 is 14.7 Å². The van der Waals surface area contributed by atoms with Crippen molar-refractivity contribution in [3.63, 3.8) is 0 Å². The number of piperazine rings is 1. The molecule has 0 saturated carbocycles. The zero-order chi connectivity index (χ0) is 26.7. The lowest BCUT2D eigenvalue weighted by Crippen LogP contribution is -2.53. The van der Waals surface area contributed by atoms with E-state index in [1.165, 1.54) is 6.07 Å². The summed E-state index contributed by atoms with van der Waals surface area (Å²) < 4.78 is 19.6. The van der Waals surface area contributed by atoms with Gasteiger partial charge in [-0.25, -0.2) is 14.2 Å². The maximum Gasteiger partial charge on any atom is 0.347 e. The number of nitrogens with zero attached hydrogens (tertiary/aromatic N) is 3. The summed E-state index contributed by atoms with van der Waals surface area (Å²) >= 11 is 1.61. The predicted octanol–water partition coefficient (Wildman–Crippen LogP) is 6.24. The van der Waals surface area contributed by atoms with Crippen molar-refractivity contribution in [2.45, 2.75) is 59.2 Å². The van der Waals surface area contributed by atoms with Gasteiger partial charge in [-0.1, -0.05) is 43.4 Å². The Hall–Kier alpha value is -2.97. The average Bonchev–Trinajstić information content (AvgIpc) is 3.28. The maximum absolute atomic E-state index is 13.7. The number of ether oxygens (including phenoxy) is 1. The van der Waals surface area contributed by atoms with Crippen molar-refractivity contribution >= 4 is 22.4 Å². The Morgan fingerprint density at radius 2 is 2.03 bits per heavy atom. The number of aliphatic carboxylic acids is 1. The molecule has 8 heteroatoms. The molecule has 1 aliphatic rings. The number of aryl methyl sites for hydroxylation is 1. The molecular formula is C29H36FN3O3S.